The van der Waals surface area contributed by atoms with Crippen LogP contribution in [-0.2, 0) is 6.54 Å². The number of rotatable bonds is 2. The summed E-state index contributed by atoms with van der Waals surface area (Å²) >= 11 is 0. The van der Waals surface area contributed by atoms with Gasteiger partial charge >= 0.3 is 0 Å². The highest BCUT2D eigenvalue weighted by atomic mass is 15.5. The van der Waals surface area contributed by atoms with Gasteiger partial charge in [0, 0.05) is 0 Å². The van der Waals surface area contributed by atoms with E-state index in [-0.39, 0.29) is 0 Å². The first kappa shape index (κ1) is 9.21. The van der Waals surface area contributed by atoms with Crippen LogP contribution in [0.5, 0.6) is 0 Å². The number of aromatic nitrogens is 3. The highest BCUT2D eigenvalue weighted by molar-refractivity contribution is 5.37. The molecule has 0 spiro atoms. The number of nitrogens with zero attached hydrogens (tertiary/aromatic N) is 4. The lowest BCUT2D eigenvalue weighted by molar-refractivity contribution is 0.592. The molecule has 1 aromatic carbocycles. The van der Waals surface area contributed by atoms with E-state index < -0.39 is 0 Å². The SMILES string of the molecule is N#Cc1ccccc1Cn1ncc(N)n1. The van der Waals surface area contributed by atoms with Crippen LogP contribution in [0.1, 0.15) is 11.1 Å². The predicted molar refractivity (Wildman–Crippen MR) is 54.7 cm³/mol. The minimum atomic E-state index is 0.379. The van der Waals surface area contributed by atoms with E-state index in [1.807, 2.05) is 18.2 Å². The molecule has 74 valence electrons. The molecule has 2 N–H and O–H groups in total. The summed E-state index contributed by atoms with van der Waals surface area (Å²) in [7, 11) is 0. The van der Waals surface area contributed by atoms with Crippen LogP contribution < -0.4 is 5.73 Å². The molecule has 0 saturated carbocycles. The van der Waals surface area contributed by atoms with Crippen LogP contribution in [0.3, 0.4) is 0 Å². The highest BCUT2D eigenvalue weighted by Crippen LogP contribution is 2.08. The van der Waals surface area contributed by atoms with Crippen LogP contribution in [0.25, 0.3) is 0 Å². The van der Waals surface area contributed by atoms with E-state index in [2.05, 4.69) is 16.3 Å². The van der Waals surface area contributed by atoms with Crippen LogP contribution in [0, 0.1) is 11.3 Å². The summed E-state index contributed by atoms with van der Waals surface area (Å²) in [6.07, 6.45) is 1.48. The Bertz CT molecular complexity index is 509. The summed E-state index contributed by atoms with van der Waals surface area (Å²) in [5.41, 5.74) is 6.96. The molecule has 2 rings (SSSR count). The van der Waals surface area contributed by atoms with Gasteiger partial charge in [0.2, 0.25) is 0 Å². The third-order valence-corrected chi connectivity index (χ3v) is 2.00. The fourth-order valence-corrected chi connectivity index (χ4v) is 1.31. The maximum atomic E-state index is 8.88. The topological polar surface area (TPSA) is 80.5 Å². The van der Waals surface area contributed by atoms with Gasteiger partial charge in [0.05, 0.1) is 24.4 Å². The maximum Gasteiger partial charge on any atom is 0.165 e. The quantitative estimate of drug-likeness (QED) is 0.775. The van der Waals surface area contributed by atoms with E-state index in [1.165, 1.54) is 11.0 Å². The lowest BCUT2D eigenvalue weighted by Crippen LogP contribution is -2.05. The van der Waals surface area contributed by atoms with Gasteiger partial charge in [-0.2, -0.15) is 15.2 Å². The minimum Gasteiger partial charge on any atom is -0.381 e. The Balaban J connectivity index is 2.28. The zero-order chi connectivity index (χ0) is 10.7. The molecule has 2 aromatic rings. The van der Waals surface area contributed by atoms with E-state index in [4.69, 9.17) is 11.0 Å². The zero-order valence-electron chi connectivity index (χ0n) is 7.96. The molecule has 5 heteroatoms. The standard InChI is InChI=1S/C10H9N5/c11-5-8-3-1-2-4-9(8)7-15-13-6-10(12)14-15/h1-4,6H,7H2,(H2,12,14). The number of nitrogen functional groups attached to an aromatic ring is 1. The molecule has 5 nitrogen and oxygen atoms in total. The van der Waals surface area contributed by atoms with Crippen molar-refractivity contribution in [3.8, 4) is 6.07 Å². The highest BCUT2D eigenvalue weighted by Gasteiger charge is 2.03. The van der Waals surface area contributed by atoms with Gasteiger partial charge in [0.15, 0.2) is 5.82 Å². The molecule has 1 heterocycles. The van der Waals surface area contributed by atoms with Crippen molar-refractivity contribution in [2.75, 3.05) is 5.73 Å². The van der Waals surface area contributed by atoms with Gasteiger partial charge < -0.3 is 5.73 Å². The van der Waals surface area contributed by atoms with E-state index in [9.17, 15) is 0 Å². The molecule has 0 aliphatic heterocycles. The van der Waals surface area contributed by atoms with Crippen molar-refractivity contribution >= 4 is 5.82 Å². The summed E-state index contributed by atoms with van der Waals surface area (Å²) in [6, 6.07) is 9.47. The van der Waals surface area contributed by atoms with Crippen LogP contribution in [0.4, 0.5) is 5.82 Å². The molecule has 1 aromatic heterocycles. The Hall–Kier alpha value is -2.35. The number of hydrogen-bond acceptors (Lipinski definition) is 4. The molecule has 0 atom stereocenters. The Morgan fingerprint density at radius 1 is 1.40 bits per heavy atom. The molecular formula is C10H9N5. The lowest BCUT2D eigenvalue weighted by Gasteiger charge is -2.01. The number of anilines is 1. The summed E-state index contributed by atoms with van der Waals surface area (Å²) in [5.74, 6) is 0.379. The molecule has 0 saturated heterocycles. The number of benzene rings is 1. The third-order valence-electron chi connectivity index (χ3n) is 2.00. The molecule has 0 bridgehead atoms. The van der Waals surface area contributed by atoms with Gasteiger partial charge in [-0.25, -0.2) is 0 Å². The smallest absolute Gasteiger partial charge is 0.165 e. The molecule has 0 fully saturated rings. The van der Waals surface area contributed by atoms with Crippen molar-refractivity contribution < 1.29 is 0 Å². The van der Waals surface area contributed by atoms with Gasteiger partial charge in [0.25, 0.3) is 0 Å². The summed E-state index contributed by atoms with van der Waals surface area (Å²) in [4.78, 5) is 1.46. The first-order valence-corrected chi connectivity index (χ1v) is 4.43. The monoisotopic (exact) mass is 199 g/mol. The Kier molecular flexibility index (Phi) is 2.33. The van der Waals surface area contributed by atoms with Gasteiger partial charge in [-0.05, 0) is 11.6 Å². The lowest BCUT2D eigenvalue weighted by atomic mass is 10.1. The van der Waals surface area contributed by atoms with E-state index >= 15 is 0 Å². The second-order valence-electron chi connectivity index (χ2n) is 3.07. The van der Waals surface area contributed by atoms with Gasteiger partial charge in [0.1, 0.15) is 0 Å². The average molecular weight is 199 g/mol. The molecule has 0 radical (unpaired) electrons. The molecule has 0 aliphatic carbocycles. The van der Waals surface area contributed by atoms with Crippen molar-refractivity contribution in [3.05, 3.63) is 41.6 Å². The normalized spacial score (nSPS) is 9.80. The second kappa shape index (κ2) is 3.80. The fourth-order valence-electron chi connectivity index (χ4n) is 1.31. The predicted octanol–water partition coefficient (Wildman–Crippen LogP) is 0.780. The third kappa shape index (κ3) is 1.94. The minimum absolute atomic E-state index is 0.379. The summed E-state index contributed by atoms with van der Waals surface area (Å²) in [6.45, 7) is 0.459. The summed E-state index contributed by atoms with van der Waals surface area (Å²) in [5, 5.41) is 16.8. The number of nitriles is 1. The molecular weight excluding hydrogens is 190 g/mol. The molecule has 0 amide bonds. The largest absolute Gasteiger partial charge is 0.381 e. The van der Waals surface area contributed by atoms with Crippen LogP contribution >= 0.6 is 0 Å². The maximum absolute atomic E-state index is 8.88. The Labute approximate surface area is 86.7 Å². The second-order valence-corrected chi connectivity index (χ2v) is 3.07. The van der Waals surface area contributed by atoms with Gasteiger partial charge in [-0.3, -0.25) is 0 Å². The van der Waals surface area contributed by atoms with Crippen molar-refractivity contribution in [2.24, 2.45) is 0 Å². The van der Waals surface area contributed by atoms with Crippen LogP contribution in [0.15, 0.2) is 30.5 Å². The van der Waals surface area contributed by atoms with Crippen LogP contribution in [0.2, 0.25) is 0 Å². The number of nitrogens with two attached hydrogens (primary N) is 1. The Morgan fingerprint density at radius 3 is 2.87 bits per heavy atom. The zero-order valence-corrected chi connectivity index (χ0v) is 7.96. The Morgan fingerprint density at radius 2 is 2.20 bits per heavy atom. The first-order chi connectivity index (χ1) is 7.29. The van der Waals surface area contributed by atoms with Gasteiger partial charge in [-0.1, -0.05) is 18.2 Å². The fraction of sp³-hybridized carbons (Fsp3) is 0.100. The summed E-state index contributed by atoms with van der Waals surface area (Å²) < 4.78 is 0. The van der Waals surface area contributed by atoms with Crippen molar-refractivity contribution in [3.63, 3.8) is 0 Å². The van der Waals surface area contributed by atoms with Crippen molar-refractivity contribution in [1.82, 2.24) is 15.0 Å². The molecule has 15 heavy (non-hydrogen) atoms. The molecule has 0 aliphatic rings. The van der Waals surface area contributed by atoms with Crippen LogP contribution in [-0.4, -0.2) is 15.0 Å². The number of hydrogen-bond donors (Lipinski definition) is 1. The van der Waals surface area contributed by atoms with Crippen molar-refractivity contribution in [1.29, 1.82) is 5.26 Å². The first-order valence-electron chi connectivity index (χ1n) is 4.43. The van der Waals surface area contributed by atoms with E-state index in [0.717, 1.165) is 5.56 Å². The molecule has 0 unspecified atom stereocenters. The average Bonchev–Trinajstić information content (AvgIpc) is 2.65. The van der Waals surface area contributed by atoms with E-state index in [0.29, 0.717) is 17.9 Å². The van der Waals surface area contributed by atoms with Gasteiger partial charge in [-0.15, -0.1) is 5.10 Å². The van der Waals surface area contributed by atoms with E-state index in [1.54, 1.807) is 6.07 Å². The van der Waals surface area contributed by atoms with Crippen molar-refractivity contribution in [2.45, 2.75) is 6.54 Å².